The maximum Gasteiger partial charge on any atom is 0.414 e. The second kappa shape index (κ2) is 5.03. The molecular formula is C15H19NO3. The van der Waals surface area contributed by atoms with Gasteiger partial charge in [-0.25, -0.2) is 4.79 Å². The molecule has 0 spiro atoms. The molecule has 1 heterocycles. The van der Waals surface area contributed by atoms with E-state index in [0.717, 1.165) is 29.5 Å². The van der Waals surface area contributed by atoms with Crippen LogP contribution in [-0.4, -0.2) is 24.5 Å². The maximum atomic E-state index is 12.1. The van der Waals surface area contributed by atoms with Crippen molar-refractivity contribution in [1.82, 2.24) is 0 Å². The van der Waals surface area contributed by atoms with E-state index in [4.69, 9.17) is 4.74 Å². The van der Waals surface area contributed by atoms with Crippen LogP contribution in [0.3, 0.4) is 0 Å². The monoisotopic (exact) mass is 261 g/mol. The standard InChI is InChI=1S/C15H19NO3/c1-15(2,3)19-14(18)16-8-6-12-5-4-11(7-9-17)10-13(12)16/h4-5,9-10H,6-8H2,1-3H3. The minimum absolute atomic E-state index is 0.325. The Hall–Kier alpha value is -1.84. The van der Waals surface area contributed by atoms with Crippen LogP contribution < -0.4 is 4.90 Å². The Labute approximate surface area is 113 Å². The van der Waals surface area contributed by atoms with Gasteiger partial charge >= 0.3 is 6.09 Å². The first-order chi connectivity index (χ1) is 8.90. The number of carbonyl (C=O) groups excluding carboxylic acids is 2. The van der Waals surface area contributed by atoms with Crippen molar-refractivity contribution in [1.29, 1.82) is 0 Å². The number of amides is 1. The van der Waals surface area contributed by atoms with E-state index in [2.05, 4.69) is 0 Å². The number of ether oxygens (including phenoxy) is 1. The van der Waals surface area contributed by atoms with Crippen LogP contribution in [0.5, 0.6) is 0 Å². The van der Waals surface area contributed by atoms with Crippen LogP contribution in [0.15, 0.2) is 18.2 Å². The quantitative estimate of drug-likeness (QED) is 0.769. The third-order valence-electron chi connectivity index (χ3n) is 2.98. The molecule has 102 valence electrons. The number of carbonyl (C=O) groups is 2. The molecule has 1 aliphatic heterocycles. The second-order valence-corrected chi connectivity index (χ2v) is 5.72. The van der Waals surface area contributed by atoms with Crippen molar-refractivity contribution < 1.29 is 14.3 Å². The highest BCUT2D eigenvalue weighted by Crippen LogP contribution is 2.30. The SMILES string of the molecule is CC(C)(C)OC(=O)N1CCc2ccc(CC=O)cc21. The van der Waals surface area contributed by atoms with E-state index in [1.54, 1.807) is 4.90 Å². The molecule has 0 unspecified atom stereocenters. The highest BCUT2D eigenvalue weighted by atomic mass is 16.6. The third-order valence-corrected chi connectivity index (χ3v) is 2.98. The number of nitrogens with zero attached hydrogens (tertiary/aromatic N) is 1. The van der Waals surface area contributed by atoms with Gasteiger partial charge < -0.3 is 9.53 Å². The molecule has 0 saturated heterocycles. The lowest BCUT2D eigenvalue weighted by Crippen LogP contribution is -2.35. The van der Waals surface area contributed by atoms with E-state index in [-0.39, 0.29) is 6.09 Å². The molecule has 0 atom stereocenters. The van der Waals surface area contributed by atoms with Crippen LogP contribution in [0.4, 0.5) is 10.5 Å². The molecule has 2 rings (SSSR count). The van der Waals surface area contributed by atoms with Gasteiger partial charge in [0.15, 0.2) is 0 Å². The third kappa shape index (κ3) is 3.13. The van der Waals surface area contributed by atoms with E-state index < -0.39 is 5.60 Å². The molecule has 0 fully saturated rings. The smallest absolute Gasteiger partial charge is 0.414 e. The molecule has 1 aromatic rings. The first-order valence-corrected chi connectivity index (χ1v) is 6.46. The van der Waals surface area contributed by atoms with Crippen molar-refractivity contribution in [2.75, 3.05) is 11.4 Å². The summed E-state index contributed by atoms with van der Waals surface area (Å²) in [5.74, 6) is 0. The second-order valence-electron chi connectivity index (χ2n) is 5.72. The van der Waals surface area contributed by atoms with Crippen LogP contribution >= 0.6 is 0 Å². The highest BCUT2D eigenvalue weighted by molar-refractivity contribution is 5.90. The fraction of sp³-hybridized carbons (Fsp3) is 0.467. The topological polar surface area (TPSA) is 46.6 Å². The lowest BCUT2D eigenvalue weighted by Gasteiger charge is -2.25. The van der Waals surface area contributed by atoms with Crippen LogP contribution in [0.2, 0.25) is 0 Å². The minimum atomic E-state index is -0.500. The summed E-state index contributed by atoms with van der Waals surface area (Å²) in [5, 5.41) is 0. The average molecular weight is 261 g/mol. The summed E-state index contributed by atoms with van der Waals surface area (Å²) in [7, 11) is 0. The first-order valence-electron chi connectivity index (χ1n) is 6.46. The number of hydrogen-bond donors (Lipinski definition) is 0. The molecular weight excluding hydrogens is 242 g/mol. The Morgan fingerprint density at radius 3 is 2.79 bits per heavy atom. The summed E-state index contributed by atoms with van der Waals surface area (Å²) in [6.45, 7) is 6.19. The van der Waals surface area contributed by atoms with E-state index in [9.17, 15) is 9.59 Å². The number of hydrogen-bond acceptors (Lipinski definition) is 3. The zero-order valence-corrected chi connectivity index (χ0v) is 11.6. The number of fused-ring (bicyclic) bond motifs is 1. The lowest BCUT2D eigenvalue weighted by atomic mass is 10.1. The van der Waals surface area contributed by atoms with Gasteiger partial charge in [0.1, 0.15) is 11.9 Å². The van der Waals surface area contributed by atoms with Crippen LogP contribution in [0.1, 0.15) is 31.9 Å². The molecule has 0 aromatic heterocycles. The van der Waals surface area contributed by atoms with Crippen LogP contribution in [0.25, 0.3) is 0 Å². The molecule has 0 bridgehead atoms. The highest BCUT2D eigenvalue weighted by Gasteiger charge is 2.28. The molecule has 0 N–H and O–H groups in total. The van der Waals surface area contributed by atoms with Gasteiger partial charge in [-0.3, -0.25) is 4.90 Å². The van der Waals surface area contributed by atoms with Crippen molar-refractivity contribution >= 4 is 18.1 Å². The predicted molar refractivity (Wildman–Crippen MR) is 73.5 cm³/mol. The van der Waals surface area contributed by atoms with Crippen molar-refractivity contribution in [2.45, 2.75) is 39.2 Å². The Kier molecular flexibility index (Phi) is 3.60. The summed E-state index contributed by atoms with van der Waals surface area (Å²) >= 11 is 0. The fourth-order valence-corrected chi connectivity index (χ4v) is 2.15. The average Bonchev–Trinajstić information content (AvgIpc) is 2.70. The zero-order chi connectivity index (χ0) is 14.0. The number of rotatable bonds is 2. The number of aldehydes is 1. The summed E-state index contributed by atoms with van der Waals surface area (Å²) in [6, 6.07) is 5.82. The minimum Gasteiger partial charge on any atom is -0.443 e. The summed E-state index contributed by atoms with van der Waals surface area (Å²) in [5.41, 5.74) is 2.42. The van der Waals surface area contributed by atoms with Crippen LogP contribution in [-0.2, 0) is 22.4 Å². The van der Waals surface area contributed by atoms with Crippen molar-refractivity contribution in [2.24, 2.45) is 0 Å². The van der Waals surface area contributed by atoms with E-state index in [0.29, 0.717) is 13.0 Å². The Bertz CT molecular complexity index is 503. The van der Waals surface area contributed by atoms with Crippen molar-refractivity contribution in [3.63, 3.8) is 0 Å². The lowest BCUT2D eigenvalue weighted by molar-refractivity contribution is -0.107. The molecule has 1 aliphatic rings. The summed E-state index contributed by atoms with van der Waals surface area (Å²) in [4.78, 5) is 24.3. The molecule has 1 aromatic carbocycles. The van der Waals surface area contributed by atoms with E-state index in [1.165, 1.54) is 0 Å². The zero-order valence-electron chi connectivity index (χ0n) is 11.6. The van der Waals surface area contributed by atoms with Crippen molar-refractivity contribution in [3.05, 3.63) is 29.3 Å². The Balaban J connectivity index is 2.22. The Morgan fingerprint density at radius 1 is 1.42 bits per heavy atom. The molecule has 19 heavy (non-hydrogen) atoms. The molecule has 0 aliphatic carbocycles. The fourth-order valence-electron chi connectivity index (χ4n) is 2.15. The molecule has 4 nitrogen and oxygen atoms in total. The van der Waals surface area contributed by atoms with Gasteiger partial charge in [-0.15, -0.1) is 0 Å². The molecule has 0 radical (unpaired) electrons. The summed E-state index contributed by atoms with van der Waals surface area (Å²) < 4.78 is 5.40. The van der Waals surface area contributed by atoms with E-state index >= 15 is 0 Å². The van der Waals surface area contributed by atoms with E-state index in [1.807, 2.05) is 39.0 Å². The van der Waals surface area contributed by atoms with Crippen molar-refractivity contribution in [3.8, 4) is 0 Å². The Morgan fingerprint density at radius 2 is 2.16 bits per heavy atom. The van der Waals surface area contributed by atoms with Crippen LogP contribution in [0, 0.1) is 0 Å². The molecule has 1 amide bonds. The van der Waals surface area contributed by atoms with Gasteiger partial charge in [0.25, 0.3) is 0 Å². The van der Waals surface area contributed by atoms with Gasteiger partial charge in [0, 0.05) is 13.0 Å². The first kappa shape index (κ1) is 13.6. The predicted octanol–water partition coefficient (Wildman–Crippen LogP) is 2.73. The van der Waals surface area contributed by atoms with Gasteiger partial charge in [-0.1, -0.05) is 12.1 Å². The largest absolute Gasteiger partial charge is 0.443 e. The maximum absolute atomic E-state index is 12.1. The molecule has 0 saturated carbocycles. The van der Waals surface area contributed by atoms with Gasteiger partial charge in [-0.05, 0) is 44.4 Å². The molecule has 4 heteroatoms. The van der Waals surface area contributed by atoms with Gasteiger partial charge in [-0.2, -0.15) is 0 Å². The van der Waals surface area contributed by atoms with Gasteiger partial charge in [0.2, 0.25) is 0 Å². The number of anilines is 1. The van der Waals surface area contributed by atoms with Gasteiger partial charge in [0.05, 0.1) is 5.69 Å². The normalized spacial score (nSPS) is 14.2. The summed E-state index contributed by atoms with van der Waals surface area (Å²) in [6.07, 6.45) is 1.74. The number of benzene rings is 1.